The summed E-state index contributed by atoms with van der Waals surface area (Å²) < 4.78 is 9.43. The van der Waals surface area contributed by atoms with E-state index in [-0.39, 0.29) is 0 Å². The molecule has 0 N–H and O–H groups in total. The van der Waals surface area contributed by atoms with E-state index in [4.69, 9.17) is 4.42 Å². The lowest BCUT2D eigenvalue weighted by Crippen LogP contribution is -2.10. The van der Waals surface area contributed by atoms with Crippen LogP contribution >= 0.6 is 11.3 Å². The lowest BCUT2D eigenvalue weighted by atomic mass is 9.98. The monoisotopic (exact) mass is 667 g/mol. The second-order valence-corrected chi connectivity index (χ2v) is 14.4. The van der Waals surface area contributed by atoms with Crippen LogP contribution in [0.4, 0.5) is 17.1 Å². The maximum Gasteiger partial charge on any atom is 0.160 e. The highest BCUT2D eigenvalue weighted by atomic mass is 32.1. The molecule has 0 spiro atoms. The molecule has 11 aromatic rings. The molecule has 0 saturated carbocycles. The average molecular weight is 668 g/mol. The Labute approximate surface area is 298 Å². The number of nitrogens with zero attached hydrogens (tertiary/aromatic N) is 1. The summed E-state index contributed by atoms with van der Waals surface area (Å²) in [5.41, 5.74) is 7.38. The molecule has 238 valence electrons. The highest BCUT2D eigenvalue weighted by Crippen LogP contribution is 2.47. The molecule has 3 heteroatoms. The van der Waals surface area contributed by atoms with Crippen molar-refractivity contribution in [1.29, 1.82) is 0 Å². The maximum absolute atomic E-state index is 6.81. The fourth-order valence-corrected chi connectivity index (χ4v) is 9.22. The number of para-hydroxylation sites is 1. The summed E-state index contributed by atoms with van der Waals surface area (Å²) in [6, 6.07) is 63.8. The van der Waals surface area contributed by atoms with E-state index in [9.17, 15) is 0 Å². The van der Waals surface area contributed by atoms with E-state index in [1.165, 1.54) is 63.6 Å². The van der Waals surface area contributed by atoms with Gasteiger partial charge in [-0.15, -0.1) is 11.3 Å². The molecule has 11 rings (SSSR count). The molecule has 2 nitrogen and oxygen atoms in total. The van der Waals surface area contributed by atoms with E-state index in [0.29, 0.717) is 0 Å². The van der Waals surface area contributed by atoms with Gasteiger partial charge in [0.25, 0.3) is 0 Å². The summed E-state index contributed by atoms with van der Waals surface area (Å²) in [6.45, 7) is 0. The van der Waals surface area contributed by atoms with Crippen LogP contribution in [0.2, 0.25) is 0 Å². The number of thiophene rings is 1. The van der Waals surface area contributed by atoms with Gasteiger partial charge in [0.1, 0.15) is 5.58 Å². The van der Waals surface area contributed by atoms with Crippen LogP contribution in [-0.2, 0) is 0 Å². The predicted octanol–water partition coefficient (Wildman–Crippen LogP) is 14.6. The maximum atomic E-state index is 6.81. The fourth-order valence-electron chi connectivity index (χ4n) is 8.08. The first-order valence-corrected chi connectivity index (χ1v) is 18.2. The molecule has 0 unspecified atom stereocenters. The number of fused-ring (bicyclic) bond motifs is 11. The van der Waals surface area contributed by atoms with Gasteiger partial charge in [0, 0.05) is 42.3 Å². The number of anilines is 3. The first-order valence-electron chi connectivity index (χ1n) is 17.3. The van der Waals surface area contributed by atoms with Gasteiger partial charge in [0.2, 0.25) is 0 Å². The third-order valence-corrected chi connectivity index (χ3v) is 11.6. The standard InChI is InChI=1S/C48H29NOS/c1-3-12-36-30(10-1)20-21-32-24-27-35(29-41(32)36)49(42-28-33-11-2-4-13-38(33)47-39-14-5-7-17-43(39)50-48(42)47)34-25-22-31(23-26-34)37-16-9-19-45-46(37)40-15-6-8-18-44(40)51-45/h1-29H. The minimum absolute atomic E-state index is 0.881. The molecule has 0 fully saturated rings. The highest BCUT2D eigenvalue weighted by molar-refractivity contribution is 7.25. The zero-order valence-corrected chi connectivity index (χ0v) is 28.3. The second kappa shape index (κ2) is 11.0. The van der Waals surface area contributed by atoms with E-state index in [1.807, 2.05) is 11.3 Å². The smallest absolute Gasteiger partial charge is 0.160 e. The van der Waals surface area contributed by atoms with Gasteiger partial charge in [-0.25, -0.2) is 0 Å². The number of rotatable bonds is 4. The Kier molecular flexibility index (Phi) is 6.16. The Morgan fingerprint density at radius 2 is 1.06 bits per heavy atom. The molecule has 0 aliphatic carbocycles. The van der Waals surface area contributed by atoms with Gasteiger partial charge in [-0.3, -0.25) is 0 Å². The Balaban J connectivity index is 1.18. The molecule has 0 bridgehead atoms. The normalized spacial score (nSPS) is 11.9. The Morgan fingerprint density at radius 3 is 1.92 bits per heavy atom. The largest absolute Gasteiger partial charge is 0.454 e. The zero-order chi connectivity index (χ0) is 33.5. The summed E-state index contributed by atoms with van der Waals surface area (Å²) in [6.07, 6.45) is 0. The van der Waals surface area contributed by atoms with Crippen molar-refractivity contribution < 1.29 is 4.42 Å². The number of furan rings is 1. The molecule has 0 atom stereocenters. The van der Waals surface area contributed by atoms with Crippen LogP contribution in [0.25, 0.3) is 85.6 Å². The molecule has 0 aliphatic heterocycles. The molecule has 2 aromatic heterocycles. The molecule has 2 heterocycles. The van der Waals surface area contributed by atoms with Crippen molar-refractivity contribution in [2.45, 2.75) is 0 Å². The van der Waals surface area contributed by atoms with E-state index < -0.39 is 0 Å². The van der Waals surface area contributed by atoms with Crippen molar-refractivity contribution in [2.24, 2.45) is 0 Å². The molecular formula is C48H29NOS. The summed E-state index contributed by atoms with van der Waals surface area (Å²) in [5.74, 6) is 0. The van der Waals surface area contributed by atoms with Crippen molar-refractivity contribution in [1.82, 2.24) is 0 Å². The van der Waals surface area contributed by atoms with Gasteiger partial charge in [0.15, 0.2) is 5.58 Å². The van der Waals surface area contributed by atoms with Gasteiger partial charge >= 0.3 is 0 Å². The van der Waals surface area contributed by atoms with Gasteiger partial charge < -0.3 is 9.32 Å². The summed E-state index contributed by atoms with van der Waals surface area (Å²) in [5, 5.41) is 12.2. The van der Waals surface area contributed by atoms with Crippen LogP contribution in [0.5, 0.6) is 0 Å². The van der Waals surface area contributed by atoms with Crippen LogP contribution in [0, 0.1) is 0 Å². The van der Waals surface area contributed by atoms with Crippen LogP contribution in [0.3, 0.4) is 0 Å². The second-order valence-electron chi connectivity index (χ2n) is 13.3. The van der Waals surface area contributed by atoms with Gasteiger partial charge in [-0.2, -0.15) is 0 Å². The predicted molar refractivity (Wildman–Crippen MR) is 219 cm³/mol. The van der Waals surface area contributed by atoms with Crippen molar-refractivity contribution in [3.8, 4) is 11.1 Å². The Hall–Kier alpha value is -6.42. The lowest BCUT2D eigenvalue weighted by Gasteiger charge is -2.27. The van der Waals surface area contributed by atoms with Crippen LogP contribution in [-0.4, -0.2) is 0 Å². The van der Waals surface area contributed by atoms with Crippen molar-refractivity contribution in [3.63, 3.8) is 0 Å². The Morgan fingerprint density at radius 1 is 0.412 bits per heavy atom. The van der Waals surface area contributed by atoms with Crippen molar-refractivity contribution >= 4 is 103 Å². The molecule has 9 aromatic carbocycles. The van der Waals surface area contributed by atoms with Crippen LogP contribution < -0.4 is 4.90 Å². The van der Waals surface area contributed by atoms with Gasteiger partial charge in [-0.1, -0.05) is 127 Å². The number of benzene rings is 9. The molecular weight excluding hydrogens is 639 g/mol. The lowest BCUT2D eigenvalue weighted by molar-refractivity contribution is 0.669. The fraction of sp³-hybridized carbons (Fsp3) is 0. The first kappa shape index (κ1) is 28.4. The van der Waals surface area contributed by atoms with E-state index in [1.54, 1.807) is 0 Å². The minimum Gasteiger partial charge on any atom is -0.454 e. The van der Waals surface area contributed by atoms with Crippen LogP contribution in [0.1, 0.15) is 0 Å². The Bertz CT molecular complexity index is 3150. The number of hydrogen-bond donors (Lipinski definition) is 0. The molecule has 0 radical (unpaired) electrons. The van der Waals surface area contributed by atoms with Crippen molar-refractivity contribution in [3.05, 3.63) is 176 Å². The summed E-state index contributed by atoms with van der Waals surface area (Å²) in [4.78, 5) is 2.38. The topological polar surface area (TPSA) is 16.4 Å². The average Bonchev–Trinajstić information content (AvgIpc) is 3.78. The molecule has 0 aliphatic rings. The van der Waals surface area contributed by atoms with E-state index in [0.717, 1.165) is 39.0 Å². The first-order chi connectivity index (χ1) is 25.3. The molecule has 0 amide bonds. The van der Waals surface area contributed by atoms with Gasteiger partial charge in [0.05, 0.1) is 5.69 Å². The highest BCUT2D eigenvalue weighted by Gasteiger charge is 2.22. The molecule has 0 saturated heterocycles. The quantitative estimate of drug-likeness (QED) is 0.174. The molecule has 51 heavy (non-hydrogen) atoms. The van der Waals surface area contributed by atoms with Crippen molar-refractivity contribution in [2.75, 3.05) is 4.90 Å². The zero-order valence-electron chi connectivity index (χ0n) is 27.5. The summed E-state index contributed by atoms with van der Waals surface area (Å²) in [7, 11) is 0. The van der Waals surface area contributed by atoms with Crippen LogP contribution in [0.15, 0.2) is 180 Å². The summed E-state index contributed by atoms with van der Waals surface area (Å²) >= 11 is 1.86. The third kappa shape index (κ3) is 4.35. The minimum atomic E-state index is 0.881. The third-order valence-electron chi connectivity index (χ3n) is 10.4. The SMILES string of the molecule is c1ccc2c(c1)ccc1ccc(N(c3ccc(-c4cccc5sc6ccccc6c45)cc3)c3cc4ccccc4c4c3oc3ccccc34)cc12. The van der Waals surface area contributed by atoms with E-state index in [2.05, 4.69) is 181 Å². The number of hydrogen-bond acceptors (Lipinski definition) is 3. The van der Waals surface area contributed by atoms with E-state index >= 15 is 0 Å². The van der Waals surface area contributed by atoms with Gasteiger partial charge in [-0.05, 0) is 92.0 Å².